The third kappa shape index (κ3) is 5.22. The van der Waals surface area contributed by atoms with Gasteiger partial charge in [0.2, 0.25) is 12.3 Å². The molecular weight excluding hydrogens is 368 g/mol. The van der Waals surface area contributed by atoms with E-state index in [1.54, 1.807) is 4.90 Å². The molecule has 0 radical (unpaired) electrons. The summed E-state index contributed by atoms with van der Waals surface area (Å²) in [4.78, 5) is 38.6. The first-order valence-corrected chi connectivity index (χ1v) is 10.1. The topological polar surface area (TPSA) is 81.8 Å². The fourth-order valence-corrected chi connectivity index (χ4v) is 3.77. The second-order valence-corrected chi connectivity index (χ2v) is 7.70. The normalized spacial score (nSPS) is 19.9. The Balaban J connectivity index is 1.60. The molecule has 7 nitrogen and oxygen atoms in total. The Hall–Kier alpha value is -2.69. The maximum Gasteiger partial charge on any atom is 0.254 e. The molecule has 29 heavy (non-hydrogen) atoms. The highest BCUT2D eigenvalue weighted by Crippen LogP contribution is 2.26. The highest BCUT2D eigenvalue weighted by atomic mass is 16.2. The summed E-state index contributed by atoms with van der Waals surface area (Å²) in [6, 6.07) is 6.14. The van der Waals surface area contributed by atoms with Crippen molar-refractivity contribution in [3.8, 4) is 11.8 Å². The van der Waals surface area contributed by atoms with Crippen molar-refractivity contribution in [2.24, 2.45) is 0 Å². The first kappa shape index (κ1) is 21.0. The second kappa shape index (κ2) is 9.68. The van der Waals surface area contributed by atoms with E-state index in [2.05, 4.69) is 34.3 Å². The van der Waals surface area contributed by atoms with Gasteiger partial charge in [-0.05, 0) is 44.0 Å². The van der Waals surface area contributed by atoms with E-state index in [0.717, 1.165) is 37.3 Å². The molecule has 1 fully saturated rings. The van der Waals surface area contributed by atoms with Gasteiger partial charge in [-0.15, -0.1) is 0 Å². The standard InChI is InChI=1S/C22H28N4O3/c1-16(5-8-21(28)24-15-27)26-14-19-12-18(6-7-20(19)22(26)29)4-3-10-25-11-9-23-13-17(25)2/h6-7,12,15-17,23H,5,8-11,13-14H2,1-2H3,(H,24,27,28). The number of piperazine rings is 1. The van der Waals surface area contributed by atoms with Gasteiger partial charge in [-0.2, -0.15) is 0 Å². The molecule has 2 aliphatic rings. The number of fused-ring (bicyclic) bond motifs is 1. The van der Waals surface area contributed by atoms with Crippen LogP contribution < -0.4 is 10.6 Å². The molecule has 1 aromatic rings. The van der Waals surface area contributed by atoms with Crippen molar-refractivity contribution in [1.29, 1.82) is 0 Å². The Kier molecular flexibility index (Phi) is 7.02. The summed E-state index contributed by atoms with van der Waals surface area (Å²) in [6.45, 7) is 8.39. The number of amides is 3. The molecule has 7 heteroatoms. The maximum absolute atomic E-state index is 12.7. The molecule has 1 aromatic carbocycles. The summed E-state index contributed by atoms with van der Waals surface area (Å²) >= 11 is 0. The lowest BCUT2D eigenvalue weighted by molar-refractivity contribution is -0.125. The lowest BCUT2D eigenvalue weighted by Crippen LogP contribution is -2.49. The van der Waals surface area contributed by atoms with Crippen LogP contribution in [-0.4, -0.2) is 66.3 Å². The minimum atomic E-state index is -0.327. The van der Waals surface area contributed by atoms with Crippen LogP contribution in [0.1, 0.15) is 48.2 Å². The van der Waals surface area contributed by atoms with Crippen LogP contribution in [0.3, 0.4) is 0 Å². The van der Waals surface area contributed by atoms with Crippen molar-refractivity contribution in [2.45, 2.75) is 45.3 Å². The van der Waals surface area contributed by atoms with Crippen molar-refractivity contribution in [1.82, 2.24) is 20.4 Å². The number of nitrogens with zero attached hydrogens (tertiary/aromatic N) is 2. The molecule has 0 aromatic heterocycles. The lowest BCUT2D eigenvalue weighted by Gasteiger charge is -2.32. The molecular formula is C22H28N4O3. The van der Waals surface area contributed by atoms with Crippen LogP contribution in [0.4, 0.5) is 0 Å². The molecule has 1 saturated heterocycles. The van der Waals surface area contributed by atoms with Crippen LogP contribution in [0.5, 0.6) is 0 Å². The van der Waals surface area contributed by atoms with Gasteiger partial charge in [0.25, 0.3) is 5.91 Å². The third-order valence-electron chi connectivity index (χ3n) is 5.63. The number of carbonyl (C=O) groups excluding carboxylic acids is 3. The number of benzene rings is 1. The summed E-state index contributed by atoms with van der Waals surface area (Å²) < 4.78 is 0. The number of carbonyl (C=O) groups is 3. The van der Waals surface area contributed by atoms with Crippen molar-refractivity contribution in [3.63, 3.8) is 0 Å². The monoisotopic (exact) mass is 396 g/mol. The van der Waals surface area contributed by atoms with Gasteiger partial charge in [-0.1, -0.05) is 11.8 Å². The Labute approximate surface area is 171 Å². The molecule has 2 aliphatic heterocycles. The van der Waals surface area contributed by atoms with E-state index in [0.29, 0.717) is 31.0 Å². The number of hydrogen-bond acceptors (Lipinski definition) is 5. The third-order valence-corrected chi connectivity index (χ3v) is 5.63. The van der Waals surface area contributed by atoms with Crippen LogP contribution >= 0.6 is 0 Å². The number of hydrogen-bond donors (Lipinski definition) is 2. The van der Waals surface area contributed by atoms with Gasteiger partial charge in [0.1, 0.15) is 0 Å². The molecule has 2 atom stereocenters. The van der Waals surface area contributed by atoms with Crippen LogP contribution in [0.25, 0.3) is 0 Å². The highest BCUT2D eigenvalue weighted by molar-refractivity contribution is 5.98. The molecule has 0 saturated carbocycles. The largest absolute Gasteiger partial charge is 0.332 e. The number of imide groups is 1. The summed E-state index contributed by atoms with van der Waals surface area (Å²) in [5, 5.41) is 5.50. The molecule has 0 aliphatic carbocycles. The second-order valence-electron chi connectivity index (χ2n) is 7.70. The van der Waals surface area contributed by atoms with Crippen molar-refractivity contribution in [3.05, 3.63) is 34.9 Å². The first-order valence-electron chi connectivity index (χ1n) is 10.1. The average molecular weight is 396 g/mol. The Morgan fingerprint density at radius 3 is 3.03 bits per heavy atom. The van der Waals surface area contributed by atoms with Crippen LogP contribution in [0.15, 0.2) is 18.2 Å². The predicted octanol–water partition coefficient (Wildman–Crippen LogP) is 0.729. The van der Waals surface area contributed by atoms with E-state index < -0.39 is 0 Å². The van der Waals surface area contributed by atoms with Crippen molar-refractivity contribution < 1.29 is 14.4 Å². The van der Waals surface area contributed by atoms with Gasteiger partial charge in [0, 0.05) is 55.8 Å². The van der Waals surface area contributed by atoms with Crippen molar-refractivity contribution in [2.75, 3.05) is 26.2 Å². The fourth-order valence-electron chi connectivity index (χ4n) is 3.77. The Morgan fingerprint density at radius 2 is 2.28 bits per heavy atom. The van der Waals surface area contributed by atoms with Gasteiger partial charge < -0.3 is 10.2 Å². The Morgan fingerprint density at radius 1 is 1.45 bits per heavy atom. The zero-order chi connectivity index (χ0) is 20.8. The first-order chi connectivity index (χ1) is 14.0. The molecule has 3 rings (SSSR count). The van der Waals surface area contributed by atoms with E-state index in [-0.39, 0.29) is 24.3 Å². The van der Waals surface area contributed by atoms with E-state index in [1.807, 2.05) is 25.1 Å². The van der Waals surface area contributed by atoms with E-state index >= 15 is 0 Å². The van der Waals surface area contributed by atoms with Gasteiger partial charge in [-0.25, -0.2) is 0 Å². The fraction of sp³-hybridized carbons (Fsp3) is 0.500. The summed E-state index contributed by atoms with van der Waals surface area (Å²) in [6.07, 6.45) is 1.10. The molecule has 3 amide bonds. The van der Waals surface area contributed by atoms with Crippen molar-refractivity contribution >= 4 is 18.2 Å². The molecule has 2 N–H and O–H groups in total. The highest BCUT2D eigenvalue weighted by Gasteiger charge is 2.30. The van der Waals surface area contributed by atoms with Gasteiger partial charge >= 0.3 is 0 Å². The van der Waals surface area contributed by atoms with Crippen LogP contribution in [-0.2, 0) is 16.1 Å². The summed E-state index contributed by atoms with van der Waals surface area (Å²) in [7, 11) is 0. The Bertz CT molecular complexity index is 842. The maximum atomic E-state index is 12.7. The molecule has 0 bridgehead atoms. The smallest absolute Gasteiger partial charge is 0.254 e. The SMILES string of the molecule is CC1CNCCN1CC#Cc1ccc2c(c1)CN(C(C)CCC(=O)NC=O)C2=O. The zero-order valence-electron chi connectivity index (χ0n) is 17.0. The number of rotatable bonds is 6. The van der Waals surface area contributed by atoms with Crippen LogP contribution in [0.2, 0.25) is 0 Å². The quantitative estimate of drug-likeness (QED) is 0.547. The molecule has 0 spiro atoms. The van der Waals surface area contributed by atoms with E-state index in [4.69, 9.17) is 0 Å². The predicted molar refractivity (Wildman–Crippen MR) is 110 cm³/mol. The van der Waals surface area contributed by atoms with Gasteiger partial charge in [0.15, 0.2) is 0 Å². The lowest BCUT2D eigenvalue weighted by atomic mass is 10.1. The average Bonchev–Trinajstić information content (AvgIpc) is 3.04. The minimum absolute atomic E-state index is 0.0163. The van der Waals surface area contributed by atoms with E-state index in [1.165, 1.54) is 0 Å². The van der Waals surface area contributed by atoms with Crippen LogP contribution in [0, 0.1) is 11.8 Å². The summed E-state index contributed by atoms with van der Waals surface area (Å²) in [5.41, 5.74) is 2.59. The number of nitrogens with one attached hydrogen (secondary N) is 2. The molecule has 2 unspecified atom stereocenters. The molecule has 2 heterocycles. The van der Waals surface area contributed by atoms with E-state index in [9.17, 15) is 14.4 Å². The van der Waals surface area contributed by atoms with Gasteiger partial charge in [-0.3, -0.25) is 24.6 Å². The zero-order valence-corrected chi connectivity index (χ0v) is 17.0. The van der Waals surface area contributed by atoms with Gasteiger partial charge in [0.05, 0.1) is 6.54 Å². The summed E-state index contributed by atoms with van der Waals surface area (Å²) in [5.74, 6) is 6.14. The molecule has 154 valence electrons. The minimum Gasteiger partial charge on any atom is -0.332 e.